The zero-order chi connectivity index (χ0) is 13.0. The second-order valence-electron chi connectivity index (χ2n) is 4.09. The predicted molar refractivity (Wildman–Crippen MR) is 78.8 cm³/mol. The summed E-state index contributed by atoms with van der Waals surface area (Å²) in [5.41, 5.74) is 3.30. The van der Waals surface area contributed by atoms with E-state index < -0.39 is 0 Å². The van der Waals surface area contributed by atoms with Crippen molar-refractivity contribution in [3.8, 4) is 11.1 Å². The number of halogens is 2. The van der Waals surface area contributed by atoms with E-state index in [1.165, 1.54) is 0 Å². The molecule has 0 atom stereocenters. The Morgan fingerprint density at radius 3 is 2.67 bits per heavy atom. The summed E-state index contributed by atoms with van der Waals surface area (Å²) in [5, 5.41) is 0.527. The van der Waals surface area contributed by atoms with Crippen LogP contribution in [0.3, 0.4) is 0 Å². The zero-order valence-corrected chi connectivity index (χ0v) is 12.5. The van der Waals surface area contributed by atoms with Crippen LogP contribution in [-0.4, -0.2) is 9.97 Å². The minimum Gasteiger partial charge on any atom is -0.265 e. The molecule has 18 heavy (non-hydrogen) atoms. The molecular weight excluding hydrogens is 312 g/mol. The van der Waals surface area contributed by atoms with Crippen molar-refractivity contribution < 1.29 is 0 Å². The molecule has 2 aromatic rings. The van der Waals surface area contributed by atoms with Gasteiger partial charge in [0, 0.05) is 18.0 Å². The van der Waals surface area contributed by atoms with Crippen LogP contribution in [0.1, 0.15) is 25.5 Å². The molecule has 0 saturated heterocycles. The molecule has 2 heterocycles. The molecule has 2 rings (SSSR count). The highest BCUT2D eigenvalue weighted by Gasteiger charge is 2.10. The largest absolute Gasteiger partial charge is 0.265 e. The maximum Gasteiger partial charge on any atom is 0.143 e. The lowest BCUT2D eigenvalue weighted by Gasteiger charge is -2.10. The van der Waals surface area contributed by atoms with E-state index in [2.05, 4.69) is 32.8 Å². The van der Waals surface area contributed by atoms with Crippen LogP contribution in [0, 0.1) is 0 Å². The fourth-order valence-corrected chi connectivity index (χ4v) is 2.29. The van der Waals surface area contributed by atoms with Gasteiger partial charge >= 0.3 is 0 Å². The Labute approximate surface area is 121 Å². The molecular formula is C14H14BrClN2. The number of hydrogen-bond acceptors (Lipinski definition) is 2. The smallest absolute Gasteiger partial charge is 0.143 e. The Morgan fingerprint density at radius 2 is 2.00 bits per heavy atom. The van der Waals surface area contributed by atoms with Crippen molar-refractivity contribution in [2.75, 3.05) is 0 Å². The van der Waals surface area contributed by atoms with Gasteiger partial charge in [0.2, 0.25) is 0 Å². The first-order chi connectivity index (χ1) is 8.72. The van der Waals surface area contributed by atoms with Crippen molar-refractivity contribution in [1.82, 2.24) is 9.97 Å². The highest BCUT2D eigenvalue weighted by molar-refractivity contribution is 9.10. The van der Waals surface area contributed by atoms with Crippen LogP contribution in [0.4, 0.5) is 0 Å². The summed E-state index contributed by atoms with van der Waals surface area (Å²) >= 11 is 9.52. The average Bonchev–Trinajstić information content (AvgIpc) is 2.40. The Hall–Kier alpha value is -0.930. The SMILES string of the molecule is CCCCc1nc(Cl)c(Br)cc1-c1ccncc1. The third kappa shape index (κ3) is 3.09. The number of pyridine rings is 2. The Balaban J connectivity index is 2.47. The van der Waals surface area contributed by atoms with E-state index in [1.54, 1.807) is 12.4 Å². The van der Waals surface area contributed by atoms with Crippen molar-refractivity contribution in [3.05, 3.63) is 45.9 Å². The van der Waals surface area contributed by atoms with Crippen molar-refractivity contribution >= 4 is 27.5 Å². The fraction of sp³-hybridized carbons (Fsp3) is 0.286. The first-order valence-electron chi connectivity index (χ1n) is 5.97. The van der Waals surface area contributed by atoms with E-state index in [9.17, 15) is 0 Å². The lowest BCUT2D eigenvalue weighted by molar-refractivity contribution is 0.778. The van der Waals surface area contributed by atoms with Gasteiger partial charge in [-0.3, -0.25) is 4.98 Å². The van der Waals surface area contributed by atoms with Gasteiger partial charge in [0.25, 0.3) is 0 Å². The predicted octanol–water partition coefficient (Wildman–Crippen LogP) is 4.90. The van der Waals surface area contributed by atoms with E-state index in [4.69, 9.17) is 11.6 Å². The molecule has 94 valence electrons. The molecule has 2 aromatic heterocycles. The molecule has 0 saturated carbocycles. The number of rotatable bonds is 4. The number of nitrogens with zero attached hydrogens (tertiary/aromatic N) is 2. The van der Waals surface area contributed by atoms with Gasteiger partial charge in [0.1, 0.15) is 5.15 Å². The molecule has 0 amide bonds. The minimum atomic E-state index is 0.527. The molecule has 0 aliphatic carbocycles. The summed E-state index contributed by atoms with van der Waals surface area (Å²) in [7, 11) is 0. The lowest BCUT2D eigenvalue weighted by Crippen LogP contribution is -1.96. The van der Waals surface area contributed by atoms with E-state index in [0.717, 1.165) is 40.6 Å². The zero-order valence-electron chi connectivity index (χ0n) is 10.2. The average molecular weight is 326 g/mol. The van der Waals surface area contributed by atoms with Crippen LogP contribution in [0.2, 0.25) is 5.15 Å². The molecule has 0 N–H and O–H groups in total. The quantitative estimate of drug-likeness (QED) is 0.747. The Bertz CT molecular complexity index is 529. The normalized spacial score (nSPS) is 10.6. The summed E-state index contributed by atoms with van der Waals surface area (Å²) in [5.74, 6) is 0. The molecule has 0 aromatic carbocycles. The molecule has 4 heteroatoms. The van der Waals surface area contributed by atoms with Gasteiger partial charge in [-0.05, 0) is 52.5 Å². The number of unbranched alkanes of at least 4 members (excludes halogenated alkanes) is 1. The number of aromatic nitrogens is 2. The molecule has 0 spiro atoms. The standard InChI is InChI=1S/C14H14BrClN2/c1-2-3-4-13-11(9-12(15)14(16)18-13)10-5-7-17-8-6-10/h5-9H,2-4H2,1H3. The number of hydrogen-bond donors (Lipinski definition) is 0. The Kier molecular flexibility index (Phi) is 4.72. The summed E-state index contributed by atoms with van der Waals surface area (Å²) in [6.45, 7) is 2.17. The molecule has 0 bridgehead atoms. The maximum absolute atomic E-state index is 6.08. The summed E-state index contributed by atoms with van der Waals surface area (Å²) in [4.78, 5) is 8.53. The van der Waals surface area contributed by atoms with Gasteiger partial charge in [-0.1, -0.05) is 24.9 Å². The van der Waals surface area contributed by atoms with E-state index in [0.29, 0.717) is 5.15 Å². The topological polar surface area (TPSA) is 25.8 Å². The monoisotopic (exact) mass is 324 g/mol. The van der Waals surface area contributed by atoms with E-state index >= 15 is 0 Å². The summed E-state index contributed by atoms with van der Waals surface area (Å²) < 4.78 is 0.830. The van der Waals surface area contributed by atoms with Crippen molar-refractivity contribution in [2.24, 2.45) is 0 Å². The molecule has 0 radical (unpaired) electrons. The highest BCUT2D eigenvalue weighted by atomic mass is 79.9. The minimum absolute atomic E-state index is 0.527. The van der Waals surface area contributed by atoms with Gasteiger partial charge in [0.15, 0.2) is 0 Å². The van der Waals surface area contributed by atoms with Gasteiger partial charge in [-0.25, -0.2) is 4.98 Å². The van der Waals surface area contributed by atoms with Crippen LogP contribution in [0.25, 0.3) is 11.1 Å². The molecule has 0 fully saturated rings. The van der Waals surface area contributed by atoms with Gasteiger partial charge in [-0.15, -0.1) is 0 Å². The third-order valence-electron chi connectivity index (χ3n) is 2.77. The maximum atomic E-state index is 6.08. The van der Waals surface area contributed by atoms with Crippen molar-refractivity contribution in [1.29, 1.82) is 0 Å². The van der Waals surface area contributed by atoms with E-state index in [-0.39, 0.29) is 0 Å². The molecule has 0 aliphatic rings. The number of aryl methyl sites for hydroxylation is 1. The van der Waals surface area contributed by atoms with Crippen LogP contribution < -0.4 is 0 Å². The lowest BCUT2D eigenvalue weighted by atomic mass is 10.0. The first-order valence-corrected chi connectivity index (χ1v) is 7.14. The Morgan fingerprint density at radius 1 is 1.28 bits per heavy atom. The van der Waals surface area contributed by atoms with Gasteiger partial charge < -0.3 is 0 Å². The first kappa shape index (κ1) is 13.5. The van der Waals surface area contributed by atoms with Crippen LogP contribution >= 0.6 is 27.5 Å². The van der Waals surface area contributed by atoms with Crippen LogP contribution in [-0.2, 0) is 6.42 Å². The van der Waals surface area contributed by atoms with Crippen molar-refractivity contribution in [2.45, 2.75) is 26.2 Å². The second kappa shape index (κ2) is 6.30. The molecule has 0 unspecified atom stereocenters. The third-order valence-corrected chi connectivity index (χ3v) is 3.89. The molecule has 0 aliphatic heterocycles. The van der Waals surface area contributed by atoms with Gasteiger partial charge in [-0.2, -0.15) is 0 Å². The highest BCUT2D eigenvalue weighted by Crippen LogP contribution is 2.30. The van der Waals surface area contributed by atoms with Crippen LogP contribution in [0.5, 0.6) is 0 Å². The molecule has 2 nitrogen and oxygen atoms in total. The second-order valence-corrected chi connectivity index (χ2v) is 5.31. The van der Waals surface area contributed by atoms with E-state index in [1.807, 2.05) is 18.2 Å². The van der Waals surface area contributed by atoms with Gasteiger partial charge in [0.05, 0.1) is 10.2 Å². The summed E-state index contributed by atoms with van der Waals surface area (Å²) in [6.07, 6.45) is 6.79. The summed E-state index contributed by atoms with van der Waals surface area (Å²) in [6, 6.07) is 6.02. The fourth-order valence-electron chi connectivity index (χ4n) is 1.82. The van der Waals surface area contributed by atoms with Crippen LogP contribution in [0.15, 0.2) is 35.1 Å². The van der Waals surface area contributed by atoms with Crippen molar-refractivity contribution in [3.63, 3.8) is 0 Å².